The van der Waals surface area contributed by atoms with Gasteiger partial charge in [-0.05, 0) is 25.7 Å². The van der Waals surface area contributed by atoms with Crippen LogP contribution in [0.3, 0.4) is 0 Å². The van der Waals surface area contributed by atoms with Crippen LogP contribution in [-0.4, -0.2) is 18.0 Å². The number of aldehydes is 1. The van der Waals surface area contributed by atoms with Crippen molar-refractivity contribution in [3.05, 3.63) is 0 Å². The van der Waals surface area contributed by atoms with E-state index in [9.17, 15) is 4.79 Å². The Bertz CT molecular complexity index is 159. The van der Waals surface area contributed by atoms with E-state index < -0.39 is 0 Å². The highest BCUT2D eigenvalue weighted by atomic mass is 16.5. The smallest absolute Gasteiger partial charge is 0.148 e. The molecule has 0 aromatic rings. The minimum Gasteiger partial charge on any atom is -0.364 e. The molecule has 0 N–H and O–H groups in total. The highest BCUT2D eigenvalue weighted by Crippen LogP contribution is 2.42. The molecule has 1 atom stereocenters. The van der Waals surface area contributed by atoms with Crippen molar-refractivity contribution in [1.82, 2.24) is 0 Å². The molecule has 0 bridgehead atoms. The van der Waals surface area contributed by atoms with Gasteiger partial charge in [-0.15, -0.1) is 0 Å². The molecule has 0 radical (unpaired) electrons. The molecule has 1 saturated carbocycles. The third-order valence-corrected chi connectivity index (χ3v) is 2.95. The van der Waals surface area contributed by atoms with Crippen LogP contribution < -0.4 is 0 Å². The molecule has 1 aliphatic heterocycles. The molecule has 1 aliphatic carbocycles. The Morgan fingerprint density at radius 3 is 2.55 bits per heavy atom. The van der Waals surface area contributed by atoms with Gasteiger partial charge in [0, 0.05) is 0 Å². The van der Waals surface area contributed by atoms with Gasteiger partial charge in [-0.25, -0.2) is 0 Å². The molecule has 0 aromatic carbocycles. The van der Waals surface area contributed by atoms with Crippen LogP contribution in [0.2, 0.25) is 0 Å². The van der Waals surface area contributed by atoms with Gasteiger partial charge in [0.1, 0.15) is 12.4 Å². The maximum atomic E-state index is 10.4. The van der Waals surface area contributed by atoms with Gasteiger partial charge in [0.15, 0.2) is 0 Å². The minimum atomic E-state index is -0.0897. The van der Waals surface area contributed by atoms with Crippen molar-refractivity contribution in [2.75, 3.05) is 0 Å². The summed E-state index contributed by atoms with van der Waals surface area (Å²) in [7, 11) is 0. The van der Waals surface area contributed by atoms with E-state index in [4.69, 9.17) is 4.74 Å². The van der Waals surface area contributed by atoms with E-state index in [-0.39, 0.29) is 11.7 Å². The van der Waals surface area contributed by atoms with E-state index in [1.165, 1.54) is 25.7 Å². The monoisotopic (exact) mass is 154 g/mol. The van der Waals surface area contributed by atoms with Gasteiger partial charge in [-0.2, -0.15) is 0 Å². The summed E-state index contributed by atoms with van der Waals surface area (Å²) in [6, 6.07) is 0. The predicted octanol–water partition coefficient (Wildman–Crippen LogP) is 1.68. The lowest BCUT2D eigenvalue weighted by atomic mass is 9.98. The SMILES string of the molecule is O=CC1CCC2(CCCC2)O1. The van der Waals surface area contributed by atoms with Crippen molar-refractivity contribution in [1.29, 1.82) is 0 Å². The summed E-state index contributed by atoms with van der Waals surface area (Å²) < 4.78 is 5.69. The van der Waals surface area contributed by atoms with Gasteiger partial charge >= 0.3 is 0 Å². The van der Waals surface area contributed by atoms with Crippen LogP contribution in [0.1, 0.15) is 38.5 Å². The van der Waals surface area contributed by atoms with E-state index in [0.29, 0.717) is 0 Å². The molecule has 1 heterocycles. The zero-order chi connectivity index (χ0) is 7.73. The van der Waals surface area contributed by atoms with Gasteiger partial charge in [0.05, 0.1) is 5.60 Å². The van der Waals surface area contributed by atoms with Crippen LogP contribution in [0.25, 0.3) is 0 Å². The molecule has 11 heavy (non-hydrogen) atoms. The summed E-state index contributed by atoms with van der Waals surface area (Å²) in [6.45, 7) is 0. The quantitative estimate of drug-likeness (QED) is 0.537. The predicted molar refractivity (Wildman–Crippen MR) is 41.4 cm³/mol. The van der Waals surface area contributed by atoms with E-state index in [2.05, 4.69) is 0 Å². The molecule has 1 unspecified atom stereocenters. The average molecular weight is 154 g/mol. The minimum absolute atomic E-state index is 0.0897. The fourth-order valence-electron chi connectivity index (χ4n) is 2.33. The van der Waals surface area contributed by atoms with E-state index in [1.807, 2.05) is 0 Å². The summed E-state index contributed by atoms with van der Waals surface area (Å²) in [5.74, 6) is 0. The molecule has 1 spiro atoms. The molecule has 2 rings (SSSR count). The molecular weight excluding hydrogens is 140 g/mol. The van der Waals surface area contributed by atoms with Crippen LogP contribution in [0, 0.1) is 0 Å². The molecule has 2 heteroatoms. The zero-order valence-electron chi connectivity index (χ0n) is 6.71. The fraction of sp³-hybridized carbons (Fsp3) is 0.889. The largest absolute Gasteiger partial charge is 0.364 e. The molecule has 0 amide bonds. The van der Waals surface area contributed by atoms with Crippen molar-refractivity contribution in [3.63, 3.8) is 0 Å². The van der Waals surface area contributed by atoms with Gasteiger partial charge in [0.2, 0.25) is 0 Å². The second kappa shape index (κ2) is 2.59. The van der Waals surface area contributed by atoms with Crippen LogP contribution >= 0.6 is 0 Å². The summed E-state index contributed by atoms with van der Waals surface area (Å²) in [5, 5.41) is 0. The van der Waals surface area contributed by atoms with E-state index in [1.54, 1.807) is 0 Å². The Balaban J connectivity index is 2.01. The Morgan fingerprint density at radius 1 is 1.27 bits per heavy atom. The maximum Gasteiger partial charge on any atom is 0.148 e. The zero-order valence-corrected chi connectivity index (χ0v) is 6.71. The van der Waals surface area contributed by atoms with Crippen molar-refractivity contribution < 1.29 is 9.53 Å². The first-order valence-corrected chi connectivity index (χ1v) is 4.48. The molecular formula is C9H14O2. The molecule has 2 aliphatic rings. The van der Waals surface area contributed by atoms with Crippen molar-refractivity contribution in [2.45, 2.75) is 50.2 Å². The Morgan fingerprint density at radius 2 is 2.00 bits per heavy atom. The van der Waals surface area contributed by atoms with Crippen molar-refractivity contribution >= 4 is 6.29 Å². The average Bonchev–Trinajstić information content (AvgIpc) is 2.62. The van der Waals surface area contributed by atoms with Crippen LogP contribution in [0.15, 0.2) is 0 Å². The molecule has 0 aromatic heterocycles. The second-order valence-corrected chi connectivity index (χ2v) is 3.72. The Labute approximate surface area is 66.9 Å². The second-order valence-electron chi connectivity index (χ2n) is 3.72. The fourth-order valence-corrected chi connectivity index (χ4v) is 2.33. The van der Waals surface area contributed by atoms with E-state index >= 15 is 0 Å². The first-order chi connectivity index (χ1) is 5.35. The van der Waals surface area contributed by atoms with Gasteiger partial charge < -0.3 is 9.53 Å². The molecule has 2 fully saturated rings. The lowest BCUT2D eigenvalue weighted by Gasteiger charge is -2.21. The first-order valence-electron chi connectivity index (χ1n) is 4.48. The lowest BCUT2D eigenvalue weighted by molar-refractivity contribution is -0.122. The van der Waals surface area contributed by atoms with E-state index in [0.717, 1.165) is 19.1 Å². The summed E-state index contributed by atoms with van der Waals surface area (Å²) >= 11 is 0. The van der Waals surface area contributed by atoms with Crippen molar-refractivity contribution in [3.8, 4) is 0 Å². The highest BCUT2D eigenvalue weighted by Gasteiger charge is 2.41. The van der Waals surface area contributed by atoms with Crippen LogP contribution in [0.4, 0.5) is 0 Å². The number of hydrogen-bond acceptors (Lipinski definition) is 2. The maximum absolute atomic E-state index is 10.4. The van der Waals surface area contributed by atoms with Gasteiger partial charge in [-0.1, -0.05) is 12.8 Å². The number of hydrogen-bond donors (Lipinski definition) is 0. The van der Waals surface area contributed by atoms with Gasteiger partial charge in [-0.3, -0.25) is 0 Å². The molecule has 1 saturated heterocycles. The Kier molecular flexibility index (Phi) is 1.72. The normalized spacial score (nSPS) is 34.7. The number of ether oxygens (including phenoxy) is 1. The number of carbonyl (C=O) groups is 1. The number of rotatable bonds is 1. The molecule has 2 nitrogen and oxygen atoms in total. The molecule has 62 valence electrons. The summed E-state index contributed by atoms with van der Waals surface area (Å²) in [6.07, 6.45) is 7.84. The number of carbonyl (C=O) groups excluding carboxylic acids is 1. The topological polar surface area (TPSA) is 26.3 Å². The summed E-state index contributed by atoms with van der Waals surface area (Å²) in [4.78, 5) is 10.4. The Hall–Kier alpha value is -0.370. The van der Waals surface area contributed by atoms with Crippen molar-refractivity contribution in [2.24, 2.45) is 0 Å². The first kappa shape index (κ1) is 7.29. The highest BCUT2D eigenvalue weighted by molar-refractivity contribution is 5.56. The van der Waals surface area contributed by atoms with Gasteiger partial charge in [0.25, 0.3) is 0 Å². The lowest BCUT2D eigenvalue weighted by Crippen LogP contribution is -2.25. The third-order valence-electron chi connectivity index (χ3n) is 2.95. The standard InChI is InChI=1S/C9H14O2/c10-7-8-3-6-9(11-8)4-1-2-5-9/h7-8H,1-6H2. The third kappa shape index (κ3) is 1.20. The van der Waals surface area contributed by atoms with Crippen LogP contribution in [0.5, 0.6) is 0 Å². The summed E-state index contributed by atoms with van der Waals surface area (Å²) in [5.41, 5.74) is 0.131. The van der Waals surface area contributed by atoms with Crippen LogP contribution in [-0.2, 0) is 9.53 Å².